The number of carbonyl (C=O) groups excluding carboxylic acids is 1. The Hall–Kier alpha value is -3.98. The molecule has 5 aromatic rings. The standard InChI is InChI=1S/C27H19F3N4OS/c1-15(35)34-23(14-22(33-34)24-7-4-12-36-24)21-13-19-18-5-2-3-6-20(18)31-26(19)25(32-21)16-8-10-17(11-9-16)27(28,29)30/h2-13,23,31H,14H2,1H3. The lowest BCUT2D eigenvalue weighted by Gasteiger charge is -2.20. The Labute approximate surface area is 207 Å². The summed E-state index contributed by atoms with van der Waals surface area (Å²) in [6.07, 6.45) is -3.93. The van der Waals surface area contributed by atoms with Gasteiger partial charge in [-0.2, -0.15) is 18.3 Å². The van der Waals surface area contributed by atoms with Crippen LogP contribution >= 0.6 is 11.3 Å². The molecule has 0 spiro atoms. The Morgan fingerprint density at radius 1 is 1.06 bits per heavy atom. The first kappa shape index (κ1) is 22.5. The minimum absolute atomic E-state index is 0.205. The smallest absolute Gasteiger partial charge is 0.353 e. The highest BCUT2D eigenvalue weighted by Crippen LogP contribution is 2.39. The van der Waals surface area contributed by atoms with Crippen molar-refractivity contribution in [3.8, 4) is 11.3 Å². The fraction of sp³-hybridized carbons (Fsp3) is 0.148. The molecule has 1 N–H and O–H groups in total. The number of nitrogens with zero attached hydrogens (tertiary/aromatic N) is 3. The fourth-order valence-corrected chi connectivity index (χ4v) is 5.41. The molecule has 4 heterocycles. The van der Waals surface area contributed by atoms with E-state index in [0.717, 1.165) is 44.5 Å². The molecule has 2 aromatic carbocycles. The number of hydrazone groups is 1. The van der Waals surface area contributed by atoms with Gasteiger partial charge in [0.15, 0.2) is 0 Å². The SMILES string of the molecule is CC(=O)N1N=C(c2cccs2)CC1c1cc2c([nH]c3ccccc32)c(-c2ccc(C(F)(F)F)cc2)n1. The molecule has 1 aliphatic rings. The number of benzene rings is 2. The summed E-state index contributed by atoms with van der Waals surface area (Å²) in [4.78, 5) is 21.8. The molecule has 36 heavy (non-hydrogen) atoms. The van der Waals surface area contributed by atoms with E-state index >= 15 is 0 Å². The largest absolute Gasteiger partial charge is 0.416 e. The molecule has 5 nitrogen and oxygen atoms in total. The van der Waals surface area contributed by atoms with Crippen molar-refractivity contribution in [2.24, 2.45) is 5.10 Å². The quantitative estimate of drug-likeness (QED) is 0.283. The molecule has 1 aliphatic heterocycles. The van der Waals surface area contributed by atoms with E-state index in [0.29, 0.717) is 23.4 Å². The van der Waals surface area contributed by atoms with Crippen molar-refractivity contribution in [1.29, 1.82) is 0 Å². The second kappa shape index (κ2) is 8.30. The van der Waals surface area contributed by atoms with E-state index in [1.165, 1.54) is 24.1 Å². The summed E-state index contributed by atoms with van der Waals surface area (Å²) in [6.45, 7) is 1.47. The Morgan fingerprint density at radius 3 is 2.53 bits per heavy atom. The maximum atomic E-state index is 13.2. The number of nitrogens with one attached hydrogen (secondary N) is 1. The Morgan fingerprint density at radius 2 is 1.83 bits per heavy atom. The third-order valence-corrected chi connectivity index (χ3v) is 7.30. The van der Waals surface area contributed by atoms with Gasteiger partial charge in [-0.3, -0.25) is 4.79 Å². The molecule has 6 rings (SSSR count). The maximum absolute atomic E-state index is 13.2. The van der Waals surface area contributed by atoms with E-state index in [2.05, 4.69) is 10.1 Å². The summed E-state index contributed by atoms with van der Waals surface area (Å²) in [5.74, 6) is -0.205. The van der Waals surface area contributed by atoms with Gasteiger partial charge in [0, 0.05) is 35.2 Å². The van der Waals surface area contributed by atoms with E-state index < -0.39 is 17.8 Å². The van der Waals surface area contributed by atoms with Crippen LogP contribution < -0.4 is 0 Å². The highest BCUT2D eigenvalue weighted by Gasteiger charge is 2.34. The van der Waals surface area contributed by atoms with Gasteiger partial charge in [0.1, 0.15) is 6.04 Å². The molecular formula is C27H19F3N4OS. The van der Waals surface area contributed by atoms with E-state index in [1.807, 2.05) is 47.8 Å². The fourth-order valence-electron chi connectivity index (χ4n) is 4.68. The van der Waals surface area contributed by atoms with Crippen molar-refractivity contribution < 1.29 is 18.0 Å². The highest BCUT2D eigenvalue weighted by molar-refractivity contribution is 7.12. The number of hydrogen-bond acceptors (Lipinski definition) is 4. The van der Waals surface area contributed by atoms with Crippen LogP contribution in [0.25, 0.3) is 33.1 Å². The van der Waals surface area contributed by atoms with Gasteiger partial charge in [-0.05, 0) is 35.7 Å². The highest BCUT2D eigenvalue weighted by atomic mass is 32.1. The van der Waals surface area contributed by atoms with E-state index in [-0.39, 0.29) is 5.91 Å². The molecule has 0 bridgehead atoms. The van der Waals surface area contributed by atoms with Crippen molar-refractivity contribution in [3.63, 3.8) is 0 Å². The van der Waals surface area contributed by atoms with Crippen molar-refractivity contribution in [2.45, 2.75) is 25.6 Å². The third kappa shape index (κ3) is 3.76. The first-order chi connectivity index (χ1) is 17.3. The van der Waals surface area contributed by atoms with Gasteiger partial charge in [-0.15, -0.1) is 11.3 Å². The van der Waals surface area contributed by atoms with Gasteiger partial charge in [-0.25, -0.2) is 9.99 Å². The van der Waals surface area contributed by atoms with Crippen LogP contribution in [0.15, 0.2) is 77.2 Å². The lowest BCUT2D eigenvalue weighted by atomic mass is 10.0. The number of hydrogen-bond donors (Lipinski definition) is 1. The van der Waals surface area contributed by atoms with Gasteiger partial charge in [-0.1, -0.05) is 36.4 Å². The predicted molar refractivity (Wildman–Crippen MR) is 135 cm³/mol. The molecular weight excluding hydrogens is 485 g/mol. The van der Waals surface area contributed by atoms with Crippen molar-refractivity contribution in [2.75, 3.05) is 0 Å². The number of amides is 1. The van der Waals surface area contributed by atoms with E-state index in [1.54, 1.807) is 11.3 Å². The number of halogens is 3. The second-order valence-electron chi connectivity index (χ2n) is 8.67. The average molecular weight is 505 g/mol. The van der Waals surface area contributed by atoms with Crippen LogP contribution in [0.3, 0.4) is 0 Å². The average Bonchev–Trinajstić information content (AvgIpc) is 3.61. The van der Waals surface area contributed by atoms with Crippen LogP contribution in [0.5, 0.6) is 0 Å². The van der Waals surface area contributed by atoms with Gasteiger partial charge >= 0.3 is 6.18 Å². The van der Waals surface area contributed by atoms with Gasteiger partial charge < -0.3 is 4.98 Å². The first-order valence-corrected chi connectivity index (χ1v) is 12.2. The Bertz CT molecular complexity index is 1640. The lowest BCUT2D eigenvalue weighted by Crippen LogP contribution is -2.25. The van der Waals surface area contributed by atoms with Crippen LogP contribution in [-0.4, -0.2) is 26.6 Å². The molecule has 3 aromatic heterocycles. The minimum Gasteiger partial charge on any atom is -0.353 e. The number of aromatic amines is 1. The van der Waals surface area contributed by atoms with Gasteiger partial charge in [0.05, 0.1) is 33.1 Å². The number of alkyl halides is 3. The van der Waals surface area contributed by atoms with Crippen LogP contribution in [0, 0.1) is 0 Å². The zero-order valence-corrected chi connectivity index (χ0v) is 19.8. The second-order valence-corrected chi connectivity index (χ2v) is 9.62. The molecule has 0 radical (unpaired) electrons. The van der Waals surface area contributed by atoms with Gasteiger partial charge in [0.25, 0.3) is 0 Å². The number of carbonyl (C=O) groups is 1. The van der Waals surface area contributed by atoms with Gasteiger partial charge in [0.2, 0.25) is 5.91 Å². The number of H-pyrrole nitrogens is 1. The zero-order chi connectivity index (χ0) is 25.0. The summed E-state index contributed by atoms with van der Waals surface area (Å²) in [6, 6.07) is 18.2. The van der Waals surface area contributed by atoms with Crippen LogP contribution in [0.4, 0.5) is 13.2 Å². The number of para-hydroxylation sites is 1. The molecule has 0 fully saturated rings. The van der Waals surface area contributed by atoms with E-state index in [9.17, 15) is 18.0 Å². The van der Waals surface area contributed by atoms with Crippen LogP contribution in [-0.2, 0) is 11.0 Å². The molecule has 9 heteroatoms. The molecule has 0 saturated heterocycles. The summed E-state index contributed by atoms with van der Waals surface area (Å²) in [7, 11) is 0. The van der Waals surface area contributed by atoms with Crippen LogP contribution in [0.2, 0.25) is 0 Å². The van der Waals surface area contributed by atoms with Crippen molar-refractivity contribution >= 4 is 44.8 Å². The Balaban J connectivity index is 1.53. The summed E-state index contributed by atoms with van der Waals surface area (Å²) >= 11 is 1.55. The number of aromatic nitrogens is 2. The van der Waals surface area contributed by atoms with Crippen molar-refractivity contribution in [3.05, 3.63) is 88.2 Å². The number of thiophene rings is 1. The zero-order valence-electron chi connectivity index (χ0n) is 19.0. The molecule has 0 aliphatic carbocycles. The molecule has 1 atom stereocenters. The molecule has 1 amide bonds. The summed E-state index contributed by atoms with van der Waals surface area (Å²) in [5, 5.41) is 9.87. The summed E-state index contributed by atoms with van der Waals surface area (Å²) in [5.41, 5.74) is 3.42. The normalized spacial score (nSPS) is 16.2. The first-order valence-electron chi connectivity index (χ1n) is 11.3. The van der Waals surface area contributed by atoms with Crippen LogP contribution in [0.1, 0.15) is 35.5 Å². The van der Waals surface area contributed by atoms with Crippen molar-refractivity contribution in [1.82, 2.24) is 15.0 Å². The number of pyridine rings is 1. The molecule has 180 valence electrons. The number of fused-ring (bicyclic) bond motifs is 3. The molecule has 1 unspecified atom stereocenters. The summed E-state index contributed by atoms with van der Waals surface area (Å²) < 4.78 is 39.6. The Kier molecular flexibility index (Phi) is 5.19. The maximum Gasteiger partial charge on any atom is 0.416 e. The number of rotatable bonds is 3. The molecule has 0 saturated carbocycles. The predicted octanol–water partition coefficient (Wildman–Crippen LogP) is 7.16. The monoisotopic (exact) mass is 504 g/mol. The minimum atomic E-state index is -4.42. The van der Waals surface area contributed by atoms with E-state index in [4.69, 9.17) is 4.98 Å². The lowest BCUT2D eigenvalue weighted by molar-refractivity contribution is -0.137. The topological polar surface area (TPSA) is 61.4 Å². The third-order valence-electron chi connectivity index (χ3n) is 6.38.